The number of fused-ring (bicyclic) bond motifs is 6. The summed E-state index contributed by atoms with van der Waals surface area (Å²) in [6.07, 6.45) is 10.1. The number of aliphatic hydroxyl groups is 1. The fourth-order valence-corrected chi connectivity index (χ4v) is 9.49. The largest absolute Gasteiger partial charge is 0.494 e. The van der Waals surface area contributed by atoms with E-state index in [0.29, 0.717) is 28.8 Å². The van der Waals surface area contributed by atoms with Crippen molar-refractivity contribution in [3.05, 3.63) is 18.2 Å². The Bertz CT molecular complexity index is 1140. The molecule has 0 unspecified atom stereocenters. The Morgan fingerprint density at radius 1 is 1.06 bits per heavy atom. The molecule has 0 saturated heterocycles. The van der Waals surface area contributed by atoms with E-state index in [-0.39, 0.29) is 17.9 Å². The Labute approximate surface area is 208 Å². The third-order valence-corrected chi connectivity index (χ3v) is 11.4. The molecule has 6 rings (SSSR count). The lowest BCUT2D eigenvalue weighted by atomic mass is 9.44. The molecule has 1 heterocycles. The molecule has 4 fully saturated rings. The van der Waals surface area contributed by atoms with Gasteiger partial charge in [-0.15, -0.1) is 5.10 Å². The third kappa shape index (κ3) is 3.49. The summed E-state index contributed by atoms with van der Waals surface area (Å²) in [7, 11) is 1.65. The number of ether oxygens (including phenoxy) is 1. The molecular weight excluding hydrogens is 438 g/mol. The first-order valence-corrected chi connectivity index (χ1v) is 13.8. The summed E-state index contributed by atoms with van der Waals surface area (Å²) in [6.45, 7) is 7.27. The van der Waals surface area contributed by atoms with Gasteiger partial charge in [-0.05, 0) is 111 Å². The number of carbonyl (C=O) groups excluding carboxylic acids is 1. The van der Waals surface area contributed by atoms with Crippen LogP contribution in [0.5, 0.6) is 5.75 Å². The Kier molecular flexibility index (Phi) is 5.38. The van der Waals surface area contributed by atoms with Gasteiger partial charge in [0.25, 0.3) is 0 Å². The van der Waals surface area contributed by atoms with Gasteiger partial charge in [-0.25, -0.2) is 4.68 Å². The number of hydrogen-bond acceptors (Lipinski definition) is 5. The van der Waals surface area contributed by atoms with Crippen LogP contribution in [0.1, 0.15) is 78.6 Å². The fourth-order valence-electron chi connectivity index (χ4n) is 9.49. The lowest BCUT2D eigenvalue weighted by Gasteiger charge is -2.61. The van der Waals surface area contributed by atoms with E-state index in [2.05, 4.69) is 24.2 Å². The molecule has 6 heteroatoms. The quantitative estimate of drug-likeness (QED) is 0.634. The maximum Gasteiger partial charge on any atom is 0.157 e. The van der Waals surface area contributed by atoms with Crippen LogP contribution in [-0.2, 0) is 11.3 Å². The molecule has 0 radical (unpaired) electrons. The lowest BCUT2D eigenvalue weighted by Crippen LogP contribution is -2.55. The molecule has 35 heavy (non-hydrogen) atoms. The van der Waals surface area contributed by atoms with Gasteiger partial charge >= 0.3 is 0 Å². The van der Waals surface area contributed by atoms with Gasteiger partial charge < -0.3 is 9.84 Å². The van der Waals surface area contributed by atoms with Crippen molar-refractivity contribution in [1.29, 1.82) is 0 Å². The number of rotatable bonds is 4. The summed E-state index contributed by atoms with van der Waals surface area (Å²) in [5, 5.41) is 19.4. The zero-order valence-corrected chi connectivity index (χ0v) is 21.8. The molecule has 1 N–H and O–H groups in total. The van der Waals surface area contributed by atoms with Crippen LogP contribution in [0.15, 0.2) is 18.2 Å². The highest BCUT2D eigenvalue weighted by Crippen LogP contribution is 2.68. The molecule has 0 aliphatic heterocycles. The van der Waals surface area contributed by atoms with Crippen LogP contribution in [0.3, 0.4) is 0 Å². The molecule has 8 atom stereocenters. The summed E-state index contributed by atoms with van der Waals surface area (Å²) < 4.78 is 7.29. The van der Waals surface area contributed by atoms with Gasteiger partial charge in [0, 0.05) is 5.92 Å². The number of hydrogen-bond donors (Lipinski definition) is 1. The van der Waals surface area contributed by atoms with Gasteiger partial charge in [-0.2, -0.15) is 0 Å². The number of carbonyl (C=O) groups is 1. The fraction of sp³-hybridized carbons (Fsp3) is 0.759. The smallest absolute Gasteiger partial charge is 0.157 e. The van der Waals surface area contributed by atoms with Crippen LogP contribution in [0.25, 0.3) is 11.0 Å². The van der Waals surface area contributed by atoms with E-state index >= 15 is 0 Å². The van der Waals surface area contributed by atoms with Crippen LogP contribution in [0.2, 0.25) is 0 Å². The zero-order chi connectivity index (χ0) is 24.6. The van der Waals surface area contributed by atoms with E-state index in [4.69, 9.17) is 4.74 Å². The highest BCUT2D eigenvalue weighted by atomic mass is 16.5. The first-order valence-electron chi connectivity index (χ1n) is 13.8. The SMILES string of the molecule is COc1cccc2nnn(CC(=O)[C@H]3CC[C@H]4[C@@H]5CC[C@@H]6C[C@](C)(O)CC[C@]6(C)[C@H]5CC[C@]34C)c12. The molecule has 4 aliphatic carbocycles. The maximum absolute atomic E-state index is 13.8. The van der Waals surface area contributed by atoms with Crippen molar-refractivity contribution in [2.75, 3.05) is 7.11 Å². The second kappa shape index (κ2) is 8.03. The van der Waals surface area contributed by atoms with Gasteiger partial charge in [0.1, 0.15) is 23.3 Å². The van der Waals surface area contributed by atoms with Crippen molar-refractivity contribution in [2.45, 2.75) is 90.7 Å². The number of para-hydroxylation sites is 1. The standard InChI is InChI=1S/C29H41N3O3/c1-27(34)14-15-28(2)18(16-27)8-9-19-20-10-11-22(29(20,3)13-12-21(19)28)24(33)17-32-26-23(30-31-32)6-5-7-25(26)35-4/h5-7,18-22,34H,8-17H2,1-4H3/t18-,19+,20+,21+,22-,27-,28+,29+/m1/s1. The predicted molar refractivity (Wildman–Crippen MR) is 135 cm³/mol. The number of aromatic nitrogens is 3. The summed E-state index contributed by atoms with van der Waals surface area (Å²) >= 11 is 0. The summed E-state index contributed by atoms with van der Waals surface area (Å²) in [6, 6.07) is 5.73. The van der Waals surface area contributed by atoms with Crippen molar-refractivity contribution in [3.63, 3.8) is 0 Å². The molecular formula is C29H41N3O3. The minimum Gasteiger partial charge on any atom is -0.494 e. The van der Waals surface area contributed by atoms with Crippen LogP contribution in [0.4, 0.5) is 0 Å². The monoisotopic (exact) mass is 479 g/mol. The second-order valence-corrected chi connectivity index (χ2v) is 13.1. The predicted octanol–water partition coefficient (Wildman–Crippen LogP) is 5.42. The molecule has 4 aliphatic rings. The first-order chi connectivity index (χ1) is 16.7. The second-order valence-electron chi connectivity index (χ2n) is 13.1. The molecule has 1 aromatic carbocycles. The van der Waals surface area contributed by atoms with Crippen LogP contribution in [-0.4, -0.2) is 38.6 Å². The van der Waals surface area contributed by atoms with Gasteiger partial charge in [0.15, 0.2) is 5.78 Å². The molecule has 1 aromatic heterocycles. The van der Waals surface area contributed by atoms with E-state index in [9.17, 15) is 9.90 Å². The Hall–Kier alpha value is -1.95. The maximum atomic E-state index is 13.8. The number of methoxy groups -OCH3 is 1. The van der Waals surface area contributed by atoms with Crippen LogP contribution < -0.4 is 4.74 Å². The lowest BCUT2D eigenvalue weighted by molar-refractivity contribution is -0.151. The molecule has 0 bridgehead atoms. The van der Waals surface area contributed by atoms with Crippen molar-refractivity contribution in [2.24, 2.45) is 40.4 Å². The Balaban J connectivity index is 1.23. The first kappa shape index (κ1) is 23.4. The number of ketones is 1. The Morgan fingerprint density at radius 2 is 1.86 bits per heavy atom. The van der Waals surface area contributed by atoms with Crippen molar-refractivity contribution < 1.29 is 14.6 Å². The van der Waals surface area contributed by atoms with E-state index in [1.807, 2.05) is 25.1 Å². The summed E-state index contributed by atoms with van der Waals surface area (Å²) in [5.41, 5.74) is 1.53. The average molecular weight is 480 g/mol. The number of nitrogens with zero attached hydrogens (tertiary/aromatic N) is 3. The van der Waals surface area contributed by atoms with Crippen LogP contribution >= 0.6 is 0 Å². The zero-order valence-electron chi connectivity index (χ0n) is 21.8. The highest BCUT2D eigenvalue weighted by molar-refractivity contribution is 5.86. The van der Waals surface area contributed by atoms with Gasteiger partial charge in [0.2, 0.25) is 0 Å². The summed E-state index contributed by atoms with van der Waals surface area (Å²) in [5.74, 6) is 3.87. The normalized spacial score (nSPS) is 42.8. The molecule has 0 amide bonds. The Morgan fingerprint density at radius 3 is 2.66 bits per heavy atom. The van der Waals surface area contributed by atoms with Crippen LogP contribution in [0, 0.1) is 40.4 Å². The van der Waals surface area contributed by atoms with Gasteiger partial charge in [-0.1, -0.05) is 25.1 Å². The minimum atomic E-state index is -0.487. The van der Waals surface area contributed by atoms with Gasteiger partial charge in [0.05, 0.1) is 12.7 Å². The van der Waals surface area contributed by atoms with Crippen molar-refractivity contribution >= 4 is 16.8 Å². The topological polar surface area (TPSA) is 77.2 Å². The molecule has 6 nitrogen and oxygen atoms in total. The number of benzene rings is 1. The molecule has 4 saturated carbocycles. The molecule has 190 valence electrons. The number of Topliss-reactive ketones (excluding diaryl/α,β-unsaturated/α-hetero) is 1. The van der Waals surface area contributed by atoms with E-state index in [1.165, 1.54) is 25.7 Å². The van der Waals surface area contributed by atoms with E-state index in [0.717, 1.165) is 55.0 Å². The summed E-state index contributed by atoms with van der Waals surface area (Å²) in [4.78, 5) is 13.8. The van der Waals surface area contributed by atoms with Crippen molar-refractivity contribution in [1.82, 2.24) is 15.0 Å². The highest BCUT2D eigenvalue weighted by Gasteiger charge is 2.61. The van der Waals surface area contributed by atoms with E-state index < -0.39 is 5.60 Å². The average Bonchev–Trinajstić information content (AvgIpc) is 3.40. The van der Waals surface area contributed by atoms with Gasteiger partial charge in [-0.3, -0.25) is 4.79 Å². The molecule has 0 spiro atoms. The van der Waals surface area contributed by atoms with E-state index in [1.54, 1.807) is 11.8 Å². The molecule has 2 aromatic rings. The minimum absolute atomic E-state index is 0.0854. The third-order valence-electron chi connectivity index (χ3n) is 11.4. The van der Waals surface area contributed by atoms with Crippen molar-refractivity contribution in [3.8, 4) is 5.75 Å².